The largest absolute Gasteiger partial charge is 0.484 e. The standard InChI is InChI=1S/C19H17F6NO4S/c20-18(21,22)10-29-15-6-7-16(30-11-19(23,24)25)17(9-15)31(27,28)26-14-5-4-12-2-1-3-13(12)8-14/h4-9,26H,1-3,10-11H2. The number of nitrogens with one attached hydrogen (secondary N) is 1. The molecule has 0 amide bonds. The van der Waals surface area contributed by atoms with Crippen LogP contribution < -0.4 is 14.2 Å². The molecular weight excluding hydrogens is 452 g/mol. The third kappa shape index (κ3) is 6.42. The van der Waals surface area contributed by atoms with Gasteiger partial charge in [0.05, 0.1) is 0 Å². The van der Waals surface area contributed by atoms with Crippen molar-refractivity contribution in [3.63, 3.8) is 0 Å². The number of anilines is 1. The molecule has 0 atom stereocenters. The molecule has 31 heavy (non-hydrogen) atoms. The Morgan fingerprint density at radius 3 is 2.16 bits per heavy atom. The second kappa shape index (κ2) is 8.48. The van der Waals surface area contributed by atoms with Gasteiger partial charge in [-0.1, -0.05) is 6.07 Å². The summed E-state index contributed by atoms with van der Waals surface area (Å²) in [5.74, 6) is -1.17. The zero-order chi connectivity index (χ0) is 22.9. The van der Waals surface area contributed by atoms with E-state index >= 15 is 0 Å². The van der Waals surface area contributed by atoms with Gasteiger partial charge in [-0.05, 0) is 54.7 Å². The zero-order valence-electron chi connectivity index (χ0n) is 15.8. The molecule has 2 aromatic carbocycles. The van der Waals surface area contributed by atoms with Gasteiger partial charge in [0.25, 0.3) is 10.0 Å². The number of hydrogen-bond acceptors (Lipinski definition) is 4. The third-order valence-corrected chi connectivity index (χ3v) is 5.75. The number of hydrogen-bond donors (Lipinski definition) is 1. The second-order valence-corrected chi connectivity index (χ2v) is 8.51. The van der Waals surface area contributed by atoms with E-state index in [0.717, 1.165) is 42.5 Å². The van der Waals surface area contributed by atoms with Crippen LogP contribution in [0.1, 0.15) is 17.5 Å². The molecule has 2 aromatic rings. The molecule has 0 bridgehead atoms. The van der Waals surface area contributed by atoms with Crippen molar-refractivity contribution in [3.8, 4) is 11.5 Å². The Hall–Kier alpha value is -2.63. The average Bonchev–Trinajstić information content (AvgIpc) is 3.11. The molecule has 0 aromatic heterocycles. The van der Waals surface area contributed by atoms with E-state index < -0.39 is 52.0 Å². The van der Waals surface area contributed by atoms with Gasteiger partial charge >= 0.3 is 12.4 Å². The summed E-state index contributed by atoms with van der Waals surface area (Å²) in [5.41, 5.74) is 2.18. The first-order valence-corrected chi connectivity index (χ1v) is 10.5. The van der Waals surface area contributed by atoms with E-state index in [1.807, 2.05) is 0 Å². The molecule has 0 aliphatic heterocycles. The summed E-state index contributed by atoms with van der Waals surface area (Å²) in [6.45, 7) is -3.48. The van der Waals surface area contributed by atoms with Crippen molar-refractivity contribution < 1.29 is 44.2 Å². The predicted molar refractivity (Wildman–Crippen MR) is 98.8 cm³/mol. The fraction of sp³-hybridized carbons (Fsp3) is 0.368. The van der Waals surface area contributed by atoms with Crippen LogP contribution in [-0.2, 0) is 22.9 Å². The van der Waals surface area contributed by atoms with E-state index in [4.69, 9.17) is 0 Å². The number of halogens is 6. The first-order chi connectivity index (χ1) is 14.3. The van der Waals surface area contributed by atoms with E-state index in [-0.39, 0.29) is 5.69 Å². The normalized spacial score (nSPS) is 14.3. The molecule has 0 fully saturated rings. The van der Waals surface area contributed by atoms with Crippen molar-refractivity contribution >= 4 is 15.7 Å². The molecule has 0 saturated heterocycles. The Morgan fingerprint density at radius 1 is 0.839 bits per heavy atom. The summed E-state index contributed by atoms with van der Waals surface area (Å²) < 4.78 is 112. The van der Waals surface area contributed by atoms with E-state index in [9.17, 15) is 34.8 Å². The van der Waals surface area contributed by atoms with Gasteiger partial charge in [-0.3, -0.25) is 4.72 Å². The fourth-order valence-electron chi connectivity index (χ4n) is 3.08. The average molecular weight is 469 g/mol. The lowest BCUT2D eigenvalue weighted by Crippen LogP contribution is -2.22. The molecule has 1 N–H and O–H groups in total. The summed E-state index contributed by atoms with van der Waals surface area (Å²) in [4.78, 5) is -0.781. The van der Waals surface area contributed by atoms with Gasteiger partial charge in [0.1, 0.15) is 16.4 Å². The monoisotopic (exact) mass is 469 g/mol. The summed E-state index contributed by atoms with van der Waals surface area (Å²) in [5, 5.41) is 0. The summed E-state index contributed by atoms with van der Waals surface area (Å²) in [6, 6.07) is 7.25. The van der Waals surface area contributed by atoms with Crippen molar-refractivity contribution in [2.45, 2.75) is 36.5 Å². The molecule has 0 heterocycles. The molecule has 170 valence electrons. The number of aryl methyl sites for hydroxylation is 2. The Balaban J connectivity index is 1.91. The first-order valence-electron chi connectivity index (χ1n) is 9.00. The SMILES string of the molecule is O=S(=O)(Nc1ccc2c(c1)CCC2)c1cc(OCC(F)(F)F)ccc1OCC(F)(F)F. The quantitative estimate of drug-likeness (QED) is 0.589. The topological polar surface area (TPSA) is 64.6 Å². The molecule has 12 heteroatoms. The van der Waals surface area contributed by atoms with Crippen LogP contribution in [0.2, 0.25) is 0 Å². The van der Waals surface area contributed by atoms with Crippen LogP contribution >= 0.6 is 0 Å². The van der Waals surface area contributed by atoms with Gasteiger partial charge in [0.2, 0.25) is 0 Å². The number of fused-ring (bicyclic) bond motifs is 1. The van der Waals surface area contributed by atoms with Crippen LogP contribution in [0.4, 0.5) is 32.0 Å². The highest BCUT2D eigenvalue weighted by Crippen LogP contribution is 2.33. The summed E-state index contributed by atoms with van der Waals surface area (Å²) in [6.07, 6.45) is -6.91. The highest BCUT2D eigenvalue weighted by molar-refractivity contribution is 7.92. The summed E-state index contributed by atoms with van der Waals surface area (Å²) >= 11 is 0. The van der Waals surface area contributed by atoms with Crippen LogP contribution in [-0.4, -0.2) is 34.0 Å². The van der Waals surface area contributed by atoms with Crippen molar-refractivity contribution in [3.05, 3.63) is 47.5 Å². The Labute approximate surface area is 174 Å². The maximum Gasteiger partial charge on any atom is 0.422 e. The van der Waals surface area contributed by atoms with Crippen LogP contribution in [0.25, 0.3) is 0 Å². The first kappa shape index (κ1) is 23.0. The van der Waals surface area contributed by atoms with E-state index in [1.165, 1.54) is 6.07 Å². The number of sulfonamides is 1. The molecule has 0 saturated carbocycles. The highest BCUT2D eigenvalue weighted by Gasteiger charge is 2.31. The van der Waals surface area contributed by atoms with Gasteiger partial charge in [-0.2, -0.15) is 26.3 Å². The highest BCUT2D eigenvalue weighted by atomic mass is 32.2. The predicted octanol–water partition coefficient (Wildman–Crippen LogP) is 4.86. The van der Waals surface area contributed by atoms with Crippen molar-refractivity contribution in [2.24, 2.45) is 0 Å². The Bertz CT molecular complexity index is 1050. The molecule has 1 aliphatic carbocycles. The molecule has 0 spiro atoms. The number of rotatable bonds is 7. The van der Waals surface area contributed by atoms with Crippen LogP contribution in [0, 0.1) is 0 Å². The second-order valence-electron chi connectivity index (χ2n) is 6.86. The van der Waals surface area contributed by atoms with E-state index in [0.29, 0.717) is 6.07 Å². The van der Waals surface area contributed by atoms with Gasteiger partial charge in [-0.25, -0.2) is 8.42 Å². The van der Waals surface area contributed by atoms with Crippen LogP contribution in [0.3, 0.4) is 0 Å². The lowest BCUT2D eigenvalue weighted by Gasteiger charge is -2.17. The van der Waals surface area contributed by atoms with Gasteiger partial charge in [0, 0.05) is 11.8 Å². The van der Waals surface area contributed by atoms with Crippen molar-refractivity contribution in [2.75, 3.05) is 17.9 Å². The van der Waals surface area contributed by atoms with E-state index in [2.05, 4.69) is 14.2 Å². The van der Waals surface area contributed by atoms with Gasteiger partial charge in [0.15, 0.2) is 13.2 Å². The molecule has 0 unspecified atom stereocenters. The van der Waals surface area contributed by atoms with Crippen LogP contribution in [0.15, 0.2) is 41.3 Å². The molecule has 1 aliphatic rings. The lowest BCUT2D eigenvalue weighted by atomic mass is 10.1. The molecule has 5 nitrogen and oxygen atoms in total. The van der Waals surface area contributed by atoms with Crippen LogP contribution in [0.5, 0.6) is 11.5 Å². The minimum absolute atomic E-state index is 0.170. The van der Waals surface area contributed by atoms with Crippen molar-refractivity contribution in [1.82, 2.24) is 0 Å². The Kier molecular flexibility index (Phi) is 6.30. The molecular formula is C19H17F6NO4S. The maximum atomic E-state index is 12.9. The maximum absolute atomic E-state index is 12.9. The number of benzene rings is 2. The number of alkyl halides is 6. The lowest BCUT2D eigenvalue weighted by molar-refractivity contribution is -0.154. The van der Waals surface area contributed by atoms with Crippen molar-refractivity contribution in [1.29, 1.82) is 0 Å². The number of ether oxygens (including phenoxy) is 2. The minimum Gasteiger partial charge on any atom is -0.484 e. The molecule has 3 rings (SSSR count). The summed E-state index contributed by atoms with van der Waals surface area (Å²) in [7, 11) is -4.51. The minimum atomic E-state index is -4.75. The van der Waals surface area contributed by atoms with E-state index in [1.54, 1.807) is 12.1 Å². The Morgan fingerprint density at radius 2 is 1.48 bits per heavy atom. The fourth-order valence-corrected chi connectivity index (χ4v) is 4.29. The third-order valence-electron chi connectivity index (χ3n) is 4.35. The molecule has 0 radical (unpaired) electrons. The van der Waals surface area contributed by atoms with Gasteiger partial charge in [-0.15, -0.1) is 0 Å². The zero-order valence-corrected chi connectivity index (χ0v) is 16.6. The smallest absolute Gasteiger partial charge is 0.422 e. The van der Waals surface area contributed by atoms with Gasteiger partial charge < -0.3 is 9.47 Å².